The molecule has 0 radical (unpaired) electrons. The van der Waals surface area contributed by atoms with E-state index in [2.05, 4.69) is 22.5 Å². The maximum absolute atomic E-state index is 12.0. The number of rotatable bonds is 5. The van der Waals surface area contributed by atoms with Crippen LogP contribution in [0.2, 0.25) is 0 Å². The molecule has 0 unspecified atom stereocenters. The van der Waals surface area contributed by atoms with Gasteiger partial charge in [0, 0.05) is 30.7 Å². The minimum Gasteiger partial charge on any atom is -0.337 e. The van der Waals surface area contributed by atoms with E-state index in [0.29, 0.717) is 17.8 Å². The molecule has 0 bridgehead atoms. The molecule has 2 rings (SSSR count). The Morgan fingerprint density at radius 3 is 3.00 bits per heavy atom. The zero-order valence-electron chi connectivity index (χ0n) is 12.3. The summed E-state index contributed by atoms with van der Waals surface area (Å²) in [5.41, 5.74) is 0. The fraction of sp³-hybridized carbons (Fsp3) is 0.714. The predicted octanol–water partition coefficient (Wildman–Crippen LogP) is 2.28. The molecule has 0 spiro atoms. The molecular formula is C14H24N4OS. The number of urea groups is 1. The lowest BCUT2D eigenvalue weighted by molar-refractivity contribution is 0.232. The van der Waals surface area contributed by atoms with Crippen LogP contribution in [0.1, 0.15) is 38.4 Å². The number of carbonyl (C=O) groups excluding carboxylic acids is 1. The van der Waals surface area contributed by atoms with Crippen molar-refractivity contribution in [2.75, 3.05) is 5.75 Å². The highest BCUT2D eigenvalue weighted by molar-refractivity contribution is 7.99. The lowest BCUT2D eigenvalue weighted by Crippen LogP contribution is -2.48. The monoisotopic (exact) mass is 296 g/mol. The van der Waals surface area contributed by atoms with Crippen molar-refractivity contribution in [1.29, 1.82) is 0 Å². The van der Waals surface area contributed by atoms with Gasteiger partial charge in [-0.25, -0.2) is 9.78 Å². The summed E-state index contributed by atoms with van der Waals surface area (Å²) in [5.74, 6) is 1.97. The van der Waals surface area contributed by atoms with Crippen LogP contribution in [0, 0.1) is 0 Å². The van der Waals surface area contributed by atoms with Crippen LogP contribution in [-0.4, -0.2) is 32.6 Å². The van der Waals surface area contributed by atoms with E-state index in [1.807, 2.05) is 29.6 Å². The van der Waals surface area contributed by atoms with Crippen LogP contribution in [0.25, 0.3) is 0 Å². The number of aromatic nitrogens is 2. The lowest BCUT2D eigenvalue weighted by Gasteiger charge is -2.31. The molecule has 1 fully saturated rings. The normalized spacial score (nSPS) is 22.5. The summed E-state index contributed by atoms with van der Waals surface area (Å²) >= 11 is 1.96. The van der Waals surface area contributed by atoms with Crippen LogP contribution < -0.4 is 10.6 Å². The maximum Gasteiger partial charge on any atom is 0.315 e. The largest absolute Gasteiger partial charge is 0.337 e. The molecule has 0 aliphatic heterocycles. The van der Waals surface area contributed by atoms with Crippen molar-refractivity contribution in [3.63, 3.8) is 0 Å². The Morgan fingerprint density at radius 1 is 1.50 bits per heavy atom. The van der Waals surface area contributed by atoms with Crippen LogP contribution in [0.15, 0.2) is 12.4 Å². The molecule has 1 aliphatic carbocycles. The zero-order chi connectivity index (χ0) is 14.4. The molecule has 1 heterocycles. The Kier molecular flexibility index (Phi) is 5.76. The third kappa shape index (κ3) is 4.16. The summed E-state index contributed by atoms with van der Waals surface area (Å²) in [7, 11) is 1.93. The summed E-state index contributed by atoms with van der Waals surface area (Å²) in [6.07, 6.45) is 8.42. The van der Waals surface area contributed by atoms with Crippen LogP contribution in [0.3, 0.4) is 0 Å². The quantitative estimate of drug-likeness (QED) is 0.876. The minimum atomic E-state index is -0.0818. The van der Waals surface area contributed by atoms with Gasteiger partial charge < -0.3 is 15.2 Å². The average molecular weight is 296 g/mol. The highest BCUT2D eigenvalue weighted by Gasteiger charge is 2.26. The van der Waals surface area contributed by atoms with E-state index in [0.717, 1.165) is 18.0 Å². The second-order valence-electron chi connectivity index (χ2n) is 5.17. The fourth-order valence-electron chi connectivity index (χ4n) is 2.62. The first-order valence-corrected chi connectivity index (χ1v) is 8.37. The molecule has 0 aromatic carbocycles. The van der Waals surface area contributed by atoms with E-state index >= 15 is 0 Å². The van der Waals surface area contributed by atoms with Crippen molar-refractivity contribution in [1.82, 2.24) is 20.2 Å². The van der Waals surface area contributed by atoms with E-state index in [1.165, 1.54) is 19.3 Å². The number of nitrogens with one attached hydrogen (secondary N) is 2. The number of nitrogens with zero attached hydrogens (tertiary/aromatic N) is 2. The van der Waals surface area contributed by atoms with Crippen LogP contribution in [0.5, 0.6) is 0 Å². The van der Waals surface area contributed by atoms with E-state index in [1.54, 1.807) is 6.20 Å². The molecule has 1 aromatic rings. The SMILES string of the molecule is CCS[C@@H]1CCCC[C@H]1NC(=O)NCc1nccn1C. The van der Waals surface area contributed by atoms with Gasteiger partial charge in [-0.1, -0.05) is 19.8 Å². The fourth-order valence-corrected chi connectivity index (χ4v) is 3.82. The van der Waals surface area contributed by atoms with Crippen molar-refractivity contribution < 1.29 is 4.79 Å². The Bertz CT molecular complexity index is 433. The third-order valence-corrected chi connectivity index (χ3v) is 5.05. The molecular weight excluding hydrogens is 272 g/mol. The average Bonchev–Trinajstić information content (AvgIpc) is 2.84. The van der Waals surface area contributed by atoms with Crippen LogP contribution in [0.4, 0.5) is 4.79 Å². The molecule has 2 atom stereocenters. The van der Waals surface area contributed by atoms with Gasteiger partial charge in [0.2, 0.25) is 0 Å². The summed E-state index contributed by atoms with van der Waals surface area (Å²) in [6, 6.07) is 0.219. The van der Waals surface area contributed by atoms with Crippen LogP contribution >= 0.6 is 11.8 Å². The first-order valence-electron chi connectivity index (χ1n) is 7.33. The highest BCUT2D eigenvalue weighted by atomic mass is 32.2. The Hall–Kier alpha value is -1.17. The lowest BCUT2D eigenvalue weighted by atomic mass is 9.95. The molecule has 0 saturated heterocycles. The van der Waals surface area contributed by atoms with Gasteiger partial charge in [-0.05, 0) is 18.6 Å². The number of imidazole rings is 1. The predicted molar refractivity (Wildman–Crippen MR) is 82.8 cm³/mol. The Balaban J connectivity index is 1.79. The number of carbonyl (C=O) groups is 1. The van der Waals surface area contributed by atoms with Gasteiger partial charge in [-0.2, -0.15) is 11.8 Å². The van der Waals surface area contributed by atoms with Gasteiger partial charge in [0.15, 0.2) is 0 Å². The van der Waals surface area contributed by atoms with Gasteiger partial charge >= 0.3 is 6.03 Å². The number of amides is 2. The highest BCUT2D eigenvalue weighted by Crippen LogP contribution is 2.28. The van der Waals surface area contributed by atoms with E-state index < -0.39 is 0 Å². The third-order valence-electron chi connectivity index (χ3n) is 3.73. The van der Waals surface area contributed by atoms with E-state index in [-0.39, 0.29) is 6.03 Å². The van der Waals surface area contributed by atoms with Gasteiger partial charge in [0.1, 0.15) is 5.82 Å². The maximum atomic E-state index is 12.0. The van der Waals surface area contributed by atoms with E-state index in [4.69, 9.17) is 0 Å². The molecule has 20 heavy (non-hydrogen) atoms. The summed E-state index contributed by atoms with van der Waals surface area (Å²) in [5, 5.41) is 6.58. The standard InChI is InChI=1S/C14H24N4OS/c1-3-20-12-7-5-4-6-11(12)17-14(19)16-10-13-15-8-9-18(13)2/h8-9,11-12H,3-7,10H2,1-2H3,(H2,16,17,19)/t11-,12-/m1/s1. The second kappa shape index (κ2) is 7.57. The Labute approximate surface area is 124 Å². The Morgan fingerprint density at radius 2 is 2.30 bits per heavy atom. The van der Waals surface area contributed by atoms with Crippen molar-refractivity contribution in [2.45, 2.75) is 50.4 Å². The second-order valence-corrected chi connectivity index (χ2v) is 6.68. The van der Waals surface area contributed by atoms with Crippen molar-refractivity contribution >= 4 is 17.8 Å². The van der Waals surface area contributed by atoms with Crippen molar-refractivity contribution in [3.05, 3.63) is 18.2 Å². The van der Waals surface area contributed by atoms with Gasteiger partial charge in [-0.15, -0.1) is 0 Å². The number of thioether (sulfide) groups is 1. The topological polar surface area (TPSA) is 59.0 Å². The zero-order valence-corrected chi connectivity index (χ0v) is 13.1. The molecule has 1 saturated carbocycles. The van der Waals surface area contributed by atoms with Gasteiger partial charge in [0.05, 0.1) is 6.54 Å². The van der Waals surface area contributed by atoms with Gasteiger partial charge in [0.25, 0.3) is 0 Å². The summed E-state index contributed by atoms with van der Waals surface area (Å²) in [4.78, 5) is 16.2. The molecule has 6 heteroatoms. The molecule has 5 nitrogen and oxygen atoms in total. The molecule has 1 aromatic heterocycles. The molecule has 2 amide bonds. The molecule has 1 aliphatic rings. The van der Waals surface area contributed by atoms with E-state index in [9.17, 15) is 4.79 Å². The number of hydrogen-bond acceptors (Lipinski definition) is 3. The summed E-state index contributed by atoms with van der Waals surface area (Å²) < 4.78 is 1.91. The molecule has 112 valence electrons. The first-order chi connectivity index (χ1) is 9.70. The van der Waals surface area contributed by atoms with Gasteiger partial charge in [-0.3, -0.25) is 0 Å². The smallest absolute Gasteiger partial charge is 0.315 e. The minimum absolute atomic E-state index is 0.0818. The summed E-state index contributed by atoms with van der Waals surface area (Å²) in [6.45, 7) is 2.64. The number of hydrogen-bond donors (Lipinski definition) is 2. The van der Waals surface area contributed by atoms with Crippen molar-refractivity contribution in [2.24, 2.45) is 7.05 Å². The number of aryl methyl sites for hydroxylation is 1. The first kappa shape index (κ1) is 15.2. The van der Waals surface area contributed by atoms with Crippen molar-refractivity contribution in [3.8, 4) is 0 Å². The van der Waals surface area contributed by atoms with Crippen LogP contribution in [-0.2, 0) is 13.6 Å². The molecule has 2 N–H and O–H groups in total.